The first-order chi connectivity index (χ1) is 24.1. The Balaban J connectivity index is 1.08. The van der Waals surface area contributed by atoms with E-state index >= 15 is 0 Å². The number of hydrogen-bond acceptors (Lipinski definition) is 2. The summed E-state index contributed by atoms with van der Waals surface area (Å²) in [6.07, 6.45) is 7.21. The summed E-state index contributed by atoms with van der Waals surface area (Å²) in [4.78, 5) is 4.74. The number of fused-ring (bicyclic) bond motifs is 3. The van der Waals surface area contributed by atoms with Crippen molar-refractivity contribution in [2.24, 2.45) is 0 Å². The van der Waals surface area contributed by atoms with E-state index in [1.54, 1.807) is 0 Å². The highest BCUT2D eigenvalue weighted by Crippen LogP contribution is 2.50. The molecule has 2 heteroatoms. The van der Waals surface area contributed by atoms with Gasteiger partial charge in [0.2, 0.25) is 0 Å². The number of hydrogen-bond donors (Lipinski definition) is 0. The Kier molecular flexibility index (Phi) is 8.12. The van der Waals surface area contributed by atoms with E-state index in [9.17, 15) is 0 Å². The zero-order valence-electron chi connectivity index (χ0n) is 28.2. The van der Waals surface area contributed by atoms with Crippen LogP contribution in [-0.2, 0) is 5.41 Å². The van der Waals surface area contributed by atoms with E-state index < -0.39 is 0 Å². The number of rotatable bonds is 6. The molecule has 6 aromatic rings. The van der Waals surface area contributed by atoms with Gasteiger partial charge in [-0.05, 0) is 133 Å². The predicted molar refractivity (Wildman–Crippen MR) is 206 cm³/mol. The number of para-hydroxylation sites is 3. The third kappa shape index (κ3) is 5.94. The van der Waals surface area contributed by atoms with Crippen LogP contribution in [0.2, 0.25) is 0 Å². The normalized spacial score (nSPS) is 14.1. The second kappa shape index (κ2) is 13.0. The van der Waals surface area contributed by atoms with Gasteiger partial charge in [0.25, 0.3) is 0 Å². The van der Waals surface area contributed by atoms with Crippen LogP contribution in [0.4, 0.5) is 28.4 Å². The van der Waals surface area contributed by atoms with E-state index in [0.29, 0.717) is 0 Å². The van der Waals surface area contributed by atoms with E-state index in [2.05, 4.69) is 193 Å². The van der Waals surface area contributed by atoms with Crippen LogP contribution in [0.3, 0.4) is 0 Å². The van der Waals surface area contributed by atoms with E-state index in [4.69, 9.17) is 0 Å². The van der Waals surface area contributed by atoms with E-state index in [-0.39, 0.29) is 5.41 Å². The summed E-state index contributed by atoms with van der Waals surface area (Å²) in [5.74, 6) is 6.93. The van der Waals surface area contributed by atoms with Crippen molar-refractivity contribution in [3.8, 4) is 23.0 Å². The van der Waals surface area contributed by atoms with Crippen LogP contribution < -0.4 is 9.80 Å². The van der Waals surface area contributed by atoms with Gasteiger partial charge in [0.1, 0.15) is 0 Å². The average molecular weight is 633 g/mol. The summed E-state index contributed by atoms with van der Waals surface area (Å²) >= 11 is 0. The molecule has 0 amide bonds. The smallest absolute Gasteiger partial charge is 0.0462 e. The molecule has 0 saturated carbocycles. The maximum Gasteiger partial charge on any atom is 0.0462 e. The molecule has 2 aliphatic carbocycles. The van der Waals surface area contributed by atoms with Crippen molar-refractivity contribution in [1.29, 1.82) is 0 Å². The molecule has 49 heavy (non-hydrogen) atoms. The van der Waals surface area contributed by atoms with Crippen LogP contribution in [0.25, 0.3) is 11.1 Å². The lowest BCUT2D eigenvalue weighted by molar-refractivity contribution is 0.659. The number of anilines is 5. The fourth-order valence-electron chi connectivity index (χ4n) is 7.46. The third-order valence-corrected chi connectivity index (χ3v) is 9.99. The molecule has 0 spiro atoms. The van der Waals surface area contributed by atoms with Crippen LogP contribution in [0.1, 0.15) is 61.8 Å². The van der Waals surface area contributed by atoms with Gasteiger partial charge in [-0.1, -0.05) is 98.5 Å². The van der Waals surface area contributed by atoms with Gasteiger partial charge in [0.15, 0.2) is 0 Å². The summed E-state index contributed by atoms with van der Waals surface area (Å²) in [7, 11) is 0. The maximum atomic E-state index is 3.48. The van der Waals surface area contributed by atoms with Crippen molar-refractivity contribution in [2.75, 3.05) is 9.80 Å². The predicted octanol–water partition coefficient (Wildman–Crippen LogP) is 12.5. The molecule has 2 nitrogen and oxygen atoms in total. The molecule has 238 valence electrons. The minimum Gasteiger partial charge on any atom is -0.315 e. The van der Waals surface area contributed by atoms with Crippen LogP contribution in [0.5, 0.6) is 0 Å². The highest BCUT2D eigenvalue weighted by molar-refractivity contribution is 5.84. The number of benzene rings is 6. The Hall–Kier alpha value is -5.78. The van der Waals surface area contributed by atoms with Gasteiger partial charge in [0.05, 0.1) is 0 Å². The zero-order valence-corrected chi connectivity index (χ0v) is 28.2. The zero-order chi connectivity index (χ0) is 33.2. The Bertz CT molecular complexity index is 2150. The fraction of sp³-hybridized carbons (Fsp3) is 0.149. The summed E-state index contributed by atoms with van der Waals surface area (Å²) in [6.45, 7) is 4.71. The molecule has 0 radical (unpaired) electrons. The SMILES string of the molecule is CC1(C)c2cc(C#Cc3ccc(N(c4ccccc4)c4ccccc4)cc3)ccc2-c2ccc(N(C3=CCCCC3)c3ccccc3)cc21. The molecule has 0 saturated heterocycles. The van der Waals surface area contributed by atoms with Gasteiger partial charge in [-0.25, -0.2) is 0 Å². The Labute approximate surface area is 291 Å². The van der Waals surface area contributed by atoms with Crippen molar-refractivity contribution < 1.29 is 0 Å². The van der Waals surface area contributed by atoms with E-state index in [0.717, 1.165) is 41.0 Å². The summed E-state index contributed by atoms with van der Waals surface area (Å²) in [5.41, 5.74) is 14.5. The topological polar surface area (TPSA) is 6.48 Å². The maximum absolute atomic E-state index is 3.48. The molecule has 0 unspecified atom stereocenters. The van der Waals surface area contributed by atoms with Gasteiger partial charge < -0.3 is 9.80 Å². The lowest BCUT2D eigenvalue weighted by Crippen LogP contribution is -2.20. The molecule has 0 heterocycles. The summed E-state index contributed by atoms with van der Waals surface area (Å²) in [5, 5.41) is 0. The van der Waals surface area contributed by atoms with Gasteiger partial charge in [-0.2, -0.15) is 0 Å². The second-order valence-electron chi connectivity index (χ2n) is 13.5. The van der Waals surface area contributed by atoms with Gasteiger partial charge in [-0.15, -0.1) is 0 Å². The van der Waals surface area contributed by atoms with Crippen molar-refractivity contribution in [3.63, 3.8) is 0 Å². The summed E-state index contributed by atoms with van der Waals surface area (Å²) in [6, 6.07) is 54.2. The van der Waals surface area contributed by atoms with Crippen molar-refractivity contribution >= 4 is 28.4 Å². The average Bonchev–Trinajstić information content (AvgIpc) is 3.38. The third-order valence-electron chi connectivity index (χ3n) is 9.99. The standard InChI is InChI=1S/C47H40N2/c1-47(2)45-33-36(24-23-35-25-28-41(29-26-35)48(37-15-7-3-8-16-37)38-17-9-4-10-18-38)27-31-43(45)44-32-30-42(34-46(44)47)49(39-19-11-5-12-20-39)40-21-13-6-14-22-40/h3-5,7-12,15-21,25-34H,6,13-14,22H2,1-2H3. The number of allylic oxidation sites excluding steroid dienone is 2. The van der Waals surface area contributed by atoms with Crippen LogP contribution in [0, 0.1) is 11.8 Å². The van der Waals surface area contributed by atoms with Gasteiger partial charge >= 0.3 is 0 Å². The second-order valence-corrected chi connectivity index (χ2v) is 13.5. The molecule has 0 aliphatic heterocycles. The van der Waals surface area contributed by atoms with Gasteiger partial charge in [0, 0.05) is 50.7 Å². The van der Waals surface area contributed by atoms with Crippen molar-refractivity contribution in [1.82, 2.24) is 0 Å². The molecule has 0 N–H and O–H groups in total. The Morgan fingerprint density at radius 2 is 0.959 bits per heavy atom. The largest absolute Gasteiger partial charge is 0.315 e. The highest BCUT2D eigenvalue weighted by Gasteiger charge is 2.36. The minimum atomic E-state index is -0.137. The summed E-state index contributed by atoms with van der Waals surface area (Å²) < 4.78 is 0. The lowest BCUT2D eigenvalue weighted by Gasteiger charge is -2.31. The first kappa shape index (κ1) is 30.5. The van der Waals surface area contributed by atoms with Crippen LogP contribution in [0.15, 0.2) is 163 Å². The van der Waals surface area contributed by atoms with E-state index in [1.165, 1.54) is 52.2 Å². The molecule has 0 aromatic heterocycles. The Morgan fingerprint density at radius 1 is 0.469 bits per heavy atom. The molecule has 8 rings (SSSR count). The Morgan fingerprint density at radius 3 is 1.55 bits per heavy atom. The molecule has 0 atom stereocenters. The van der Waals surface area contributed by atoms with Gasteiger partial charge in [-0.3, -0.25) is 0 Å². The van der Waals surface area contributed by atoms with Crippen molar-refractivity contribution in [3.05, 3.63) is 186 Å². The fourth-order valence-corrected chi connectivity index (χ4v) is 7.46. The van der Waals surface area contributed by atoms with Crippen LogP contribution >= 0.6 is 0 Å². The minimum absolute atomic E-state index is 0.137. The van der Waals surface area contributed by atoms with Crippen molar-refractivity contribution in [2.45, 2.75) is 44.9 Å². The molecular weight excluding hydrogens is 593 g/mol. The monoisotopic (exact) mass is 632 g/mol. The van der Waals surface area contributed by atoms with E-state index in [1.807, 2.05) is 0 Å². The molecule has 0 fully saturated rings. The highest BCUT2D eigenvalue weighted by atomic mass is 15.2. The first-order valence-corrected chi connectivity index (χ1v) is 17.4. The quantitative estimate of drug-likeness (QED) is 0.169. The molecular formula is C47H40N2. The lowest BCUT2D eigenvalue weighted by atomic mass is 9.81. The molecule has 2 aliphatic rings. The number of nitrogens with zero attached hydrogens (tertiary/aromatic N) is 2. The molecule has 0 bridgehead atoms. The van der Waals surface area contributed by atoms with Crippen LogP contribution in [-0.4, -0.2) is 0 Å². The molecule has 6 aromatic carbocycles. The first-order valence-electron chi connectivity index (χ1n) is 17.4.